The number of nitrogens with zero attached hydrogens (tertiary/aromatic N) is 1. The summed E-state index contributed by atoms with van der Waals surface area (Å²) in [6.07, 6.45) is 2.99. The first-order valence-electron chi connectivity index (χ1n) is 4.81. The van der Waals surface area contributed by atoms with Gasteiger partial charge in [-0.2, -0.15) is 0 Å². The van der Waals surface area contributed by atoms with E-state index in [1.54, 1.807) is 24.3 Å². The van der Waals surface area contributed by atoms with Gasteiger partial charge in [-0.3, -0.25) is 4.79 Å². The van der Waals surface area contributed by atoms with E-state index in [4.69, 9.17) is 5.11 Å². The zero-order valence-corrected chi connectivity index (χ0v) is 8.47. The Balaban J connectivity index is 2.05. The number of hydrogen-bond acceptors (Lipinski definition) is 4. The molecule has 2 rings (SSSR count). The van der Waals surface area contributed by atoms with Gasteiger partial charge in [0.1, 0.15) is 5.75 Å². The lowest BCUT2D eigenvalue weighted by molar-refractivity contribution is 0.475. The van der Waals surface area contributed by atoms with Crippen LogP contribution in [0.4, 0.5) is 5.82 Å². The fourth-order valence-corrected chi connectivity index (χ4v) is 1.28. The molecule has 1 aromatic carbocycles. The Labute approximate surface area is 91.8 Å². The van der Waals surface area contributed by atoms with Crippen LogP contribution in [0.2, 0.25) is 0 Å². The highest BCUT2D eigenvalue weighted by Gasteiger charge is 1.99. The van der Waals surface area contributed by atoms with Crippen molar-refractivity contribution >= 4 is 5.82 Å². The summed E-state index contributed by atoms with van der Waals surface area (Å²) in [4.78, 5) is 17.7. The van der Waals surface area contributed by atoms with E-state index in [1.165, 1.54) is 12.4 Å². The first-order valence-corrected chi connectivity index (χ1v) is 4.81. The normalized spacial score (nSPS) is 10.0. The van der Waals surface area contributed by atoms with Crippen molar-refractivity contribution in [3.05, 3.63) is 52.6 Å². The van der Waals surface area contributed by atoms with Crippen molar-refractivity contribution in [2.45, 2.75) is 6.54 Å². The van der Waals surface area contributed by atoms with Gasteiger partial charge in [-0.05, 0) is 17.7 Å². The molecule has 0 bridgehead atoms. The molecule has 0 fully saturated rings. The number of H-pyrrole nitrogens is 1. The highest BCUT2D eigenvalue weighted by molar-refractivity contribution is 5.33. The molecule has 2 aromatic rings. The van der Waals surface area contributed by atoms with Crippen molar-refractivity contribution in [1.29, 1.82) is 0 Å². The first-order chi connectivity index (χ1) is 7.75. The molecule has 0 aliphatic carbocycles. The average Bonchev–Trinajstić information content (AvgIpc) is 2.30. The first kappa shape index (κ1) is 10.2. The topological polar surface area (TPSA) is 78.0 Å². The molecular formula is C11H11N3O2. The van der Waals surface area contributed by atoms with Crippen molar-refractivity contribution < 1.29 is 5.11 Å². The molecule has 0 aliphatic rings. The quantitative estimate of drug-likeness (QED) is 0.719. The average molecular weight is 217 g/mol. The van der Waals surface area contributed by atoms with Crippen LogP contribution in [-0.2, 0) is 6.54 Å². The van der Waals surface area contributed by atoms with E-state index in [0.717, 1.165) is 5.56 Å². The van der Waals surface area contributed by atoms with Crippen molar-refractivity contribution in [3.8, 4) is 5.75 Å². The van der Waals surface area contributed by atoms with Gasteiger partial charge in [0.05, 0.1) is 0 Å². The van der Waals surface area contributed by atoms with Crippen molar-refractivity contribution in [3.63, 3.8) is 0 Å². The maximum Gasteiger partial charge on any atom is 0.290 e. The standard InChI is InChI=1S/C11H11N3O2/c15-9-3-1-8(2-4-9)7-14-10-11(16)13-6-5-12-10/h1-6,15H,7H2,(H,12,14)(H,13,16). The molecule has 0 spiro atoms. The summed E-state index contributed by atoms with van der Waals surface area (Å²) in [7, 11) is 0. The second kappa shape index (κ2) is 4.48. The minimum atomic E-state index is -0.249. The van der Waals surface area contributed by atoms with Crippen molar-refractivity contribution in [1.82, 2.24) is 9.97 Å². The monoisotopic (exact) mass is 217 g/mol. The van der Waals surface area contributed by atoms with Crippen LogP contribution >= 0.6 is 0 Å². The molecule has 0 radical (unpaired) electrons. The number of aromatic nitrogens is 2. The number of anilines is 1. The summed E-state index contributed by atoms with van der Waals surface area (Å²) in [5.74, 6) is 0.509. The number of hydrogen-bond donors (Lipinski definition) is 3. The van der Waals surface area contributed by atoms with Gasteiger partial charge in [-0.15, -0.1) is 0 Å². The van der Waals surface area contributed by atoms with Gasteiger partial charge in [-0.25, -0.2) is 4.98 Å². The number of phenolic OH excluding ortho intramolecular Hbond substituents is 1. The van der Waals surface area contributed by atoms with Crippen molar-refractivity contribution in [2.24, 2.45) is 0 Å². The maximum atomic E-state index is 11.3. The van der Waals surface area contributed by atoms with Crippen LogP contribution in [-0.4, -0.2) is 15.1 Å². The Bertz CT molecular complexity index is 519. The molecule has 0 atom stereocenters. The maximum absolute atomic E-state index is 11.3. The molecule has 0 unspecified atom stereocenters. The molecule has 3 N–H and O–H groups in total. The van der Waals surface area contributed by atoms with Gasteiger partial charge >= 0.3 is 0 Å². The molecule has 16 heavy (non-hydrogen) atoms. The van der Waals surface area contributed by atoms with Gasteiger partial charge < -0.3 is 15.4 Å². The molecule has 0 saturated carbocycles. The Morgan fingerprint density at radius 3 is 2.75 bits per heavy atom. The van der Waals surface area contributed by atoms with Gasteiger partial charge in [-0.1, -0.05) is 12.1 Å². The second-order valence-corrected chi connectivity index (χ2v) is 3.29. The van der Waals surface area contributed by atoms with Gasteiger partial charge in [0.15, 0.2) is 5.82 Å². The Hall–Kier alpha value is -2.30. The van der Waals surface area contributed by atoms with Gasteiger partial charge in [0, 0.05) is 18.9 Å². The summed E-state index contributed by atoms with van der Waals surface area (Å²) >= 11 is 0. The van der Waals surface area contributed by atoms with Crippen LogP contribution in [0.15, 0.2) is 41.5 Å². The molecule has 1 heterocycles. The second-order valence-electron chi connectivity index (χ2n) is 3.29. The van der Waals surface area contributed by atoms with E-state index in [9.17, 15) is 4.79 Å². The fraction of sp³-hybridized carbons (Fsp3) is 0.0909. The van der Waals surface area contributed by atoms with E-state index in [-0.39, 0.29) is 17.1 Å². The molecule has 5 nitrogen and oxygen atoms in total. The predicted molar refractivity (Wildman–Crippen MR) is 60.3 cm³/mol. The summed E-state index contributed by atoms with van der Waals surface area (Å²) in [6.45, 7) is 0.486. The smallest absolute Gasteiger partial charge is 0.290 e. The largest absolute Gasteiger partial charge is 0.508 e. The molecule has 82 valence electrons. The van der Waals surface area contributed by atoms with Crippen LogP contribution in [0.5, 0.6) is 5.75 Å². The lowest BCUT2D eigenvalue weighted by atomic mass is 10.2. The number of phenols is 1. The number of aromatic hydroxyl groups is 1. The Kier molecular flexibility index (Phi) is 2.86. The van der Waals surface area contributed by atoms with Crippen molar-refractivity contribution in [2.75, 3.05) is 5.32 Å². The van der Waals surface area contributed by atoms with Gasteiger partial charge in [0.25, 0.3) is 5.56 Å². The summed E-state index contributed by atoms with van der Waals surface area (Å²) in [5, 5.41) is 12.0. The van der Waals surface area contributed by atoms with Crippen LogP contribution in [0.3, 0.4) is 0 Å². The van der Waals surface area contributed by atoms with E-state index in [2.05, 4.69) is 15.3 Å². The van der Waals surface area contributed by atoms with E-state index in [0.29, 0.717) is 6.54 Å². The summed E-state index contributed by atoms with van der Waals surface area (Å²) < 4.78 is 0. The summed E-state index contributed by atoms with van der Waals surface area (Å²) in [5.41, 5.74) is 0.712. The van der Waals surface area contributed by atoms with Crippen LogP contribution < -0.4 is 10.9 Å². The van der Waals surface area contributed by atoms with Gasteiger partial charge in [0.2, 0.25) is 0 Å². The predicted octanol–water partition coefficient (Wildman–Crippen LogP) is 1.09. The Morgan fingerprint density at radius 1 is 1.31 bits per heavy atom. The zero-order valence-electron chi connectivity index (χ0n) is 8.47. The third-order valence-electron chi connectivity index (χ3n) is 2.10. The fourth-order valence-electron chi connectivity index (χ4n) is 1.28. The minimum Gasteiger partial charge on any atom is -0.508 e. The minimum absolute atomic E-state index is 0.222. The third-order valence-corrected chi connectivity index (χ3v) is 2.10. The molecule has 0 saturated heterocycles. The SMILES string of the molecule is O=c1[nH]ccnc1NCc1ccc(O)cc1. The molecule has 0 amide bonds. The van der Waals surface area contributed by atoms with Crippen LogP contribution in [0.1, 0.15) is 5.56 Å². The van der Waals surface area contributed by atoms with E-state index >= 15 is 0 Å². The number of nitrogens with one attached hydrogen (secondary N) is 2. The summed E-state index contributed by atoms with van der Waals surface area (Å²) in [6, 6.07) is 6.75. The highest BCUT2D eigenvalue weighted by atomic mass is 16.3. The lowest BCUT2D eigenvalue weighted by Crippen LogP contribution is -2.14. The zero-order chi connectivity index (χ0) is 11.4. The van der Waals surface area contributed by atoms with Crippen LogP contribution in [0.25, 0.3) is 0 Å². The molecule has 0 aliphatic heterocycles. The molecule has 1 aromatic heterocycles. The number of aromatic amines is 1. The number of rotatable bonds is 3. The van der Waals surface area contributed by atoms with Crippen LogP contribution in [0, 0.1) is 0 Å². The third kappa shape index (κ3) is 2.38. The van der Waals surface area contributed by atoms with E-state index < -0.39 is 0 Å². The number of benzene rings is 1. The lowest BCUT2D eigenvalue weighted by Gasteiger charge is -2.04. The molecular weight excluding hydrogens is 206 g/mol. The van der Waals surface area contributed by atoms with E-state index in [1.807, 2.05) is 0 Å². The molecule has 5 heteroatoms. The Morgan fingerprint density at radius 2 is 2.06 bits per heavy atom. The highest BCUT2D eigenvalue weighted by Crippen LogP contribution is 2.10.